The maximum absolute atomic E-state index is 6.40. The standard InChI is InChI=1S/C19H21NOS.ClH/c1-14-8-9-18(19-16(14)11-13-22-19)21-17(10-12-20-2)15-6-4-3-5-7-15;/h3-9,11,13,17,20H,10,12H2,1-2H3;1H/t17-;/m1./s1. The summed E-state index contributed by atoms with van der Waals surface area (Å²) in [7, 11) is 1.98. The van der Waals surface area contributed by atoms with Crippen LogP contribution in [-0.2, 0) is 0 Å². The van der Waals surface area contributed by atoms with Crippen LogP contribution in [0.25, 0.3) is 10.1 Å². The van der Waals surface area contributed by atoms with E-state index in [1.807, 2.05) is 13.1 Å². The molecule has 23 heavy (non-hydrogen) atoms. The Kier molecular flexibility index (Phi) is 6.46. The van der Waals surface area contributed by atoms with Crippen molar-refractivity contribution >= 4 is 33.8 Å². The van der Waals surface area contributed by atoms with E-state index < -0.39 is 0 Å². The van der Waals surface area contributed by atoms with Gasteiger partial charge in [-0.25, -0.2) is 0 Å². The Morgan fingerprint density at radius 3 is 2.61 bits per heavy atom. The molecular weight excluding hydrogens is 326 g/mol. The lowest BCUT2D eigenvalue weighted by Gasteiger charge is -2.20. The van der Waals surface area contributed by atoms with Crippen LogP contribution in [0.2, 0.25) is 0 Å². The number of halogens is 1. The molecule has 0 fully saturated rings. The Bertz CT molecular complexity index is 741. The van der Waals surface area contributed by atoms with Crippen molar-refractivity contribution in [2.45, 2.75) is 19.4 Å². The molecular formula is C19H22ClNOS. The average Bonchev–Trinajstić information content (AvgIpc) is 3.05. The van der Waals surface area contributed by atoms with E-state index in [4.69, 9.17) is 4.74 Å². The van der Waals surface area contributed by atoms with E-state index in [9.17, 15) is 0 Å². The molecule has 0 amide bonds. The van der Waals surface area contributed by atoms with Gasteiger partial charge in [0.05, 0.1) is 4.70 Å². The summed E-state index contributed by atoms with van der Waals surface area (Å²) in [6.45, 7) is 3.08. The summed E-state index contributed by atoms with van der Waals surface area (Å²) < 4.78 is 7.64. The number of rotatable bonds is 6. The number of aryl methyl sites for hydroxylation is 1. The third-order valence-electron chi connectivity index (χ3n) is 3.90. The first-order chi connectivity index (χ1) is 10.8. The smallest absolute Gasteiger partial charge is 0.138 e. The molecule has 1 aromatic heterocycles. The van der Waals surface area contributed by atoms with E-state index in [0.29, 0.717) is 0 Å². The van der Waals surface area contributed by atoms with Crippen LogP contribution in [0, 0.1) is 6.92 Å². The van der Waals surface area contributed by atoms with Crippen LogP contribution in [0.4, 0.5) is 0 Å². The van der Waals surface area contributed by atoms with Crippen LogP contribution in [0.3, 0.4) is 0 Å². The number of thiophene rings is 1. The van der Waals surface area contributed by atoms with Crippen LogP contribution in [-0.4, -0.2) is 13.6 Å². The summed E-state index contributed by atoms with van der Waals surface area (Å²) in [6, 6.07) is 16.9. The van der Waals surface area contributed by atoms with E-state index in [1.54, 1.807) is 11.3 Å². The zero-order chi connectivity index (χ0) is 15.4. The Morgan fingerprint density at radius 2 is 1.87 bits per heavy atom. The van der Waals surface area contributed by atoms with Gasteiger partial charge in [-0.05, 0) is 54.5 Å². The zero-order valence-electron chi connectivity index (χ0n) is 13.4. The second-order valence-corrected chi connectivity index (χ2v) is 6.37. The van der Waals surface area contributed by atoms with Gasteiger partial charge in [0.2, 0.25) is 0 Å². The molecule has 2 nitrogen and oxygen atoms in total. The topological polar surface area (TPSA) is 21.3 Å². The molecule has 4 heteroatoms. The Morgan fingerprint density at radius 1 is 1.09 bits per heavy atom. The number of fused-ring (bicyclic) bond motifs is 1. The summed E-state index contributed by atoms with van der Waals surface area (Å²) in [5, 5.41) is 6.65. The van der Waals surface area contributed by atoms with Crippen molar-refractivity contribution in [3.8, 4) is 5.75 Å². The molecule has 0 aliphatic heterocycles. The normalized spacial score (nSPS) is 11.9. The molecule has 3 rings (SSSR count). The van der Waals surface area contributed by atoms with Crippen molar-refractivity contribution in [1.29, 1.82) is 0 Å². The lowest BCUT2D eigenvalue weighted by Crippen LogP contribution is -2.16. The molecule has 1 N–H and O–H groups in total. The molecule has 0 unspecified atom stereocenters. The molecule has 0 saturated heterocycles. The molecule has 1 heterocycles. The van der Waals surface area contributed by atoms with Gasteiger partial charge in [-0.15, -0.1) is 23.7 Å². The van der Waals surface area contributed by atoms with Crippen molar-refractivity contribution in [3.63, 3.8) is 0 Å². The van der Waals surface area contributed by atoms with Gasteiger partial charge in [0.15, 0.2) is 0 Å². The highest BCUT2D eigenvalue weighted by Crippen LogP contribution is 2.36. The largest absolute Gasteiger partial charge is 0.484 e. The van der Waals surface area contributed by atoms with Gasteiger partial charge < -0.3 is 10.1 Å². The summed E-state index contributed by atoms with van der Waals surface area (Å²) in [5.74, 6) is 0.987. The molecule has 0 spiro atoms. The Balaban J connectivity index is 0.00000192. The summed E-state index contributed by atoms with van der Waals surface area (Å²) in [5.41, 5.74) is 2.53. The van der Waals surface area contributed by atoms with E-state index in [-0.39, 0.29) is 18.5 Å². The van der Waals surface area contributed by atoms with Crippen molar-refractivity contribution in [2.24, 2.45) is 0 Å². The SMILES string of the molecule is CNCC[C@@H](Oc1ccc(C)c2ccsc12)c1ccccc1.Cl. The van der Waals surface area contributed by atoms with E-state index in [2.05, 4.69) is 60.1 Å². The molecule has 0 radical (unpaired) electrons. The monoisotopic (exact) mass is 347 g/mol. The number of benzene rings is 2. The van der Waals surface area contributed by atoms with Crippen LogP contribution < -0.4 is 10.1 Å². The fourth-order valence-electron chi connectivity index (χ4n) is 2.66. The molecule has 1 atom stereocenters. The lowest BCUT2D eigenvalue weighted by atomic mass is 10.1. The van der Waals surface area contributed by atoms with Gasteiger partial charge in [-0.1, -0.05) is 36.4 Å². The predicted octanol–water partition coefficient (Wildman–Crippen LogP) is 5.36. The van der Waals surface area contributed by atoms with Crippen molar-refractivity contribution in [2.75, 3.05) is 13.6 Å². The maximum Gasteiger partial charge on any atom is 0.138 e. The molecule has 122 valence electrons. The minimum absolute atomic E-state index is 0. The highest BCUT2D eigenvalue weighted by atomic mass is 35.5. The van der Waals surface area contributed by atoms with Gasteiger partial charge in [-0.3, -0.25) is 0 Å². The van der Waals surface area contributed by atoms with Gasteiger partial charge >= 0.3 is 0 Å². The minimum Gasteiger partial charge on any atom is -0.484 e. The first kappa shape index (κ1) is 17.8. The first-order valence-corrected chi connectivity index (χ1v) is 8.50. The fraction of sp³-hybridized carbons (Fsp3) is 0.263. The molecule has 0 bridgehead atoms. The zero-order valence-corrected chi connectivity index (χ0v) is 15.0. The van der Waals surface area contributed by atoms with Crippen molar-refractivity contribution in [1.82, 2.24) is 5.32 Å². The summed E-state index contributed by atoms with van der Waals surface area (Å²) in [6.07, 6.45) is 1.02. The second-order valence-electron chi connectivity index (χ2n) is 5.45. The van der Waals surface area contributed by atoms with Gasteiger partial charge in [0.25, 0.3) is 0 Å². The quantitative estimate of drug-likeness (QED) is 0.648. The minimum atomic E-state index is 0. The highest BCUT2D eigenvalue weighted by Gasteiger charge is 2.15. The molecule has 0 aliphatic carbocycles. The number of hydrogen-bond acceptors (Lipinski definition) is 3. The van der Waals surface area contributed by atoms with E-state index in [0.717, 1.165) is 18.7 Å². The van der Waals surface area contributed by atoms with Crippen molar-refractivity contribution < 1.29 is 4.74 Å². The molecule has 3 aromatic rings. The summed E-state index contributed by atoms with van der Waals surface area (Å²) >= 11 is 1.75. The van der Waals surface area contributed by atoms with Gasteiger partial charge in [-0.2, -0.15) is 0 Å². The third-order valence-corrected chi connectivity index (χ3v) is 4.82. The Hall–Kier alpha value is -1.55. The van der Waals surface area contributed by atoms with E-state index in [1.165, 1.54) is 21.2 Å². The Labute approximate surface area is 147 Å². The molecule has 0 aliphatic rings. The first-order valence-electron chi connectivity index (χ1n) is 7.62. The maximum atomic E-state index is 6.40. The van der Waals surface area contributed by atoms with Gasteiger partial charge in [0.1, 0.15) is 11.9 Å². The van der Waals surface area contributed by atoms with Gasteiger partial charge in [0, 0.05) is 6.42 Å². The fourth-order valence-corrected chi connectivity index (χ4v) is 3.59. The van der Waals surface area contributed by atoms with Crippen molar-refractivity contribution in [3.05, 3.63) is 65.0 Å². The molecule has 0 saturated carbocycles. The predicted molar refractivity (Wildman–Crippen MR) is 102 cm³/mol. The van der Waals surface area contributed by atoms with E-state index >= 15 is 0 Å². The number of nitrogens with one attached hydrogen (secondary N) is 1. The molecule has 2 aromatic carbocycles. The third kappa shape index (κ3) is 4.05. The lowest BCUT2D eigenvalue weighted by molar-refractivity contribution is 0.198. The summed E-state index contributed by atoms with van der Waals surface area (Å²) in [4.78, 5) is 0. The van der Waals surface area contributed by atoms with Crippen LogP contribution >= 0.6 is 23.7 Å². The number of hydrogen-bond donors (Lipinski definition) is 1. The van der Waals surface area contributed by atoms with Crippen LogP contribution in [0.15, 0.2) is 53.9 Å². The van der Waals surface area contributed by atoms with Crippen LogP contribution in [0.1, 0.15) is 23.7 Å². The second kappa shape index (κ2) is 8.34. The highest BCUT2D eigenvalue weighted by molar-refractivity contribution is 7.17. The average molecular weight is 348 g/mol. The van der Waals surface area contributed by atoms with Crippen LogP contribution in [0.5, 0.6) is 5.75 Å². The number of ether oxygens (including phenoxy) is 1.